The van der Waals surface area contributed by atoms with Crippen LogP contribution < -0.4 is 24.3 Å². The number of carbonyl (C=O) groups is 2. The Hall–Kier alpha value is -4.02. The molecule has 4 aliphatic heterocycles. The van der Waals surface area contributed by atoms with Crippen LogP contribution in [-0.2, 0) is 0 Å². The number of methoxy groups -OCH3 is 2. The number of nitrogens with one attached hydrogen (secondary N) is 1. The average molecular weight is 595 g/mol. The smallest absolute Gasteiger partial charge is 0.256 e. The number of aliphatic imine (C=N–C) groups is 1. The van der Waals surface area contributed by atoms with Crippen molar-refractivity contribution < 1.29 is 32.9 Å². The lowest BCUT2D eigenvalue weighted by molar-refractivity contribution is 0.0740. The van der Waals surface area contributed by atoms with E-state index in [4.69, 9.17) is 18.9 Å². The van der Waals surface area contributed by atoms with Gasteiger partial charge in [0.2, 0.25) is 0 Å². The molecule has 11 heteroatoms. The van der Waals surface area contributed by atoms with Crippen LogP contribution in [0.5, 0.6) is 23.0 Å². The molecule has 2 aromatic rings. The minimum Gasteiger partial charge on any atom is -0.493 e. The second kappa shape index (κ2) is 12.3. The van der Waals surface area contributed by atoms with Gasteiger partial charge in [-0.1, -0.05) is 6.92 Å². The minimum atomic E-state index is -0.987. The third-order valence-electron chi connectivity index (χ3n) is 8.70. The van der Waals surface area contributed by atoms with Crippen molar-refractivity contribution in [3.63, 3.8) is 0 Å². The second-order valence-corrected chi connectivity index (χ2v) is 11.8. The van der Waals surface area contributed by atoms with Gasteiger partial charge in [-0.3, -0.25) is 14.6 Å². The molecule has 2 aromatic carbocycles. The van der Waals surface area contributed by atoms with Gasteiger partial charge >= 0.3 is 0 Å². The number of nitrogens with zero attached hydrogens (tertiary/aromatic N) is 3. The van der Waals surface area contributed by atoms with Crippen LogP contribution in [0, 0.1) is 5.92 Å². The van der Waals surface area contributed by atoms with Crippen molar-refractivity contribution in [3.8, 4) is 23.0 Å². The van der Waals surface area contributed by atoms with E-state index in [1.54, 1.807) is 43.4 Å². The molecule has 0 radical (unpaired) electrons. The number of fused-ring (bicyclic) bond motifs is 4. The zero-order valence-electron chi connectivity index (χ0n) is 24.9. The summed E-state index contributed by atoms with van der Waals surface area (Å²) in [7, 11) is 3.11. The third kappa shape index (κ3) is 5.81. The Bertz CT molecular complexity index is 1420. The summed E-state index contributed by atoms with van der Waals surface area (Å²) in [5, 5.41) is 3.30. The van der Waals surface area contributed by atoms with Gasteiger partial charge in [0, 0.05) is 37.9 Å². The lowest BCUT2D eigenvalue weighted by Gasteiger charge is -2.21. The molecule has 0 unspecified atom stereocenters. The number of anilines is 1. The fourth-order valence-corrected chi connectivity index (χ4v) is 6.47. The fraction of sp³-hybridized carbons (Fsp3) is 0.531. The molecule has 2 fully saturated rings. The number of hydrogen-bond acceptors (Lipinski definition) is 8. The summed E-state index contributed by atoms with van der Waals surface area (Å²) >= 11 is 0. The van der Waals surface area contributed by atoms with Crippen LogP contribution in [0.4, 0.5) is 15.8 Å². The monoisotopic (exact) mass is 594 g/mol. The molecule has 4 aliphatic rings. The molecule has 0 saturated carbocycles. The largest absolute Gasteiger partial charge is 0.493 e. The van der Waals surface area contributed by atoms with E-state index in [1.165, 1.54) is 0 Å². The molecule has 1 N–H and O–H groups in total. The van der Waals surface area contributed by atoms with Gasteiger partial charge < -0.3 is 34.1 Å². The Balaban J connectivity index is 1.01. The minimum absolute atomic E-state index is 0.0181. The van der Waals surface area contributed by atoms with Gasteiger partial charge in [-0.25, -0.2) is 4.39 Å². The van der Waals surface area contributed by atoms with E-state index in [-0.39, 0.29) is 30.4 Å². The SMILES string of the molecule is COc1cc2c(cc1OCCCCCOc1cc3c(cc1OC)C(=O)N1C[C@@H](F)C[C@H]1CN3)N=C[C@@H]1C[C@H](C)CN1C2=O. The lowest BCUT2D eigenvalue weighted by Crippen LogP contribution is -2.37. The molecular weight excluding hydrogens is 555 g/mol. The summed E-state index contributed by atoms with van der Waals surface area (Å²) in [5.41, 5.74) is 2.29. The molecule has 2 saturated heterocycles. The molecule has 4 heterocycles. The first kappa shape index (κ1) is 29.1. The molecule has 0 aromatic heterocycles. The highest BCUT2D eigenvalue weighted by Gasteiger charge is 2.39. The van der Waals surface area contributed by atoms with Gasteiger partial charge in [-0.15, -0.1) is 0 Å². The van der Waals surface area contributed by atoms with Crippen molar-refractivity contribution in [3.05, 3.63) is 35.4 Å². The summed E-state index contributed by atoms with van der Waals surface area (Å²) in [5.74, 6) is 2.36. The van der Waals surface area contributed by atoms with Crippen molar-refractivity contribution in [2.75, 3.05) is 52.4 Å². The van der Waals surface area contributed by atoms with Crippen molar-refractivity contribution >= 4 is 29.4 Å². The molecule has 0 bridgehead atoms. The van der Waals surface area contributed by atoms with Crippen molar-refractivity contribution in [1.29, 1.82) is 0 Å². The highest BCUT2D eigenvalue weighted by molar-refractivity contribution is 6.03. The maximum Gasteiger partial charge on any atom is 0.256 e. The van der Waals surface area contributed by atoms with E-state index in [0.29, 0.717) is 77.6 Å². The number of amides is 2. The van der Waals surface area contributed by atoms with Crippen LogP contribution in [0.3, 0.4) is 0 Å². The highest BCUT2D eigenvalue weighted by Crippen LogP contribution is 2.39. The van der Waals surface area contributed by atoms with Gasteiger partial charge in [0.1, 0.15) is 6.17 Å². The van der Waals surface area contributed by atoms with E-state index in [0.717, 1.165) is 32.2 Å². The van der Waals surface area contributed by atoms with Crippen LogP contribution in [0.15, 0.2) is 29.3 Å². The fourth-order valence-electron chi connectivity index (χ4n) is 6.47. The van der Waals surface area contributed by atoms with Crippen LogP contribution in [0.25, 0.3) is 0 Å². The maximum absolute atomic E-state index is 13.9. The van der Waals surface area contributed by atoms with Crippen LogP contribution in [-0.4, -0.2) is 93.2 Å². The molecule has 2 amide bonds. The van der Waals surface area contributed by atoms with E-state index in [1.807, 2.05) is 11.1 Å². The van der Waals surface area contributed by atoms with E-state index in [2.05, 4.69) is 17.2 Å². The number of carbonyl (C=O) groups excluding carboxylic acids is 2. The van der Waals surface area contributed by atoms with Gasteiger partial charge in [0.25, 0.3) is 11.8 Å². The first-order valence-corrected chi connectivity index (χ1v) is 15.1. The number of ether oxygens (including phenoxy) is 4. The first-order valence-electron chi connectivity index (χ1n) is 15.1. The quantitative estimate of drug-likeness (QED) is 0.392. The lowest BCUT2D eigenvalue weighted by atomic mass is 10.1. The molecule has 230 valence electrons. The van der Waals surface area contributed by atoms with Crippen molar-refractivity contribution in [1.82, 2.24) is 9.80 Å². The molecule has 10 nitrogen and oxygen atoms in total. The van der Waals surface area contributed by atoms with Gasteiger partial charge in [-0.05, 0) is 43.7 Å². The zero-order chi connectivity index (χ0) is 30.1. The normalized spacial score (nSPS) is 23.9. The van der Waals surface area contributed by atoms with Crippen LogP contribution in [0.2, 0.25) is 0 Å². The number of hydrogen-bond donors (Lipinski definition) is 1. The number of rotatable bonds is 10. The zero-order valence-corrected chi connectivity index (χ0v) is 24.9. The highest BCUT2D eigenvalue weighted by atomic mass is 19.1. The topological polar surface area (TPSA) is 102 Å². The predicted molar refractivity (Wildman–Crippen MR) is 160 cm³/mol. The molecule has 4 atom stereocenters. The Morgan fingerprint density at radius 1 is 0.860 bits per heavy atom. The van der Waals surface area contributed by atoms with Crippen molar-refractivity contribution in [2.45, 2.75) is 57.3 Å². The molecule has 43 heavy (non-hydrogen) atoms. The van der Waals surface area contributed by atoms with E-state index >= 15 is 0 Å². The summed E-state index contributed by atoms with van der Waals surface area (Å²) in [6.45, 7) is 4.46. The first-order chi connectivity index (χ1) is 20.9. The second-order valence-electron chi connectivity index (χ2n) is 11.8. The summed E-state index contributed by atoms with van der Waals surface area (Å²) in [6.07, 6.45) is 4.61. The third-order valence-corrected chi connectivity index (χ3v) is 8.70. The maximum atomic E-state index is 13.9. The molecule has 6 rings (SSSR count). The van der Waals surface area contributed by atoms with Gasteiger partial charge in [-0.2, -0.15) is 0 Å². The number of benzene rings is 2. The van der Waals surface area contributed by atoms with Crippen molar-refractivity contribution in [2.24, 2.45) is 10.9 Å². The summed E-state index contributed by atoms with van der Waals surface area (Å²) in [4.78, 5) is 34.4. The Kier molecular flexibility index (Phi) is 8.32. The average Bonchev–Trinajstić information content (AvgIpc) is 3.51. The summed E-state index contributed by atoms with van der Waals surface area (Å²) in [6, 6.07) is 6.88. The summed E-state index contributed by atoms with van der Waals surface area (Å²) < 4.78 is 37.1. The molecule has 0 spiro atoms. The van der Waals surface area contributed by atoms with E-state index < -0.39 is 6.17 Å². The van der Waals surface area contributed by atoms with Gasteiger partial charge in [0.05, 0.1) is 68.6 Å². The Morgan fingerprint density at radius 3 is 2.26 bits per heavy atom. The number of halogens is 1. The van der Waals surface area contributed by atoms with Crippen LogP contribution >= 0.6 is 0 Å². The number of unbranched alkanes of at least 4 members (excludes halogenated alkanes) is 2. The Morgan fingerprint density at radius 2 is 1.53 bits per heavy atom. The standard InChI is InChI=1S/C32H39FN4O6/c1-19-9-21-15-34-25-13-29(27(40-2)11-23(25)31(38)36(21)17-19)42-7-5-4-6-8-43-30-14-26-24(12-28(30)41-3)32(39)37-18-20(33)10-22(37)16-35-26/h11-15,19-22,35H,4-10,16-18H2,1-3H3/t19-,20-,21-,22-/m0/s1. The Labute approximate surface area is 251 Å². The van der Waals surface area contributed by atoms with E-state index in [9.17, 15) is 14.0 Å². The van der Waals surface area contributed by atoms with Crippen LogP contribution in [0.1, 0.15) is 59.7 Å². The van der Waals surface area contributed by atoms with Gasteiger partial charge in [0.15, 0.2) is 23.0 Å². The molecular formula is C32H39FN4O6. The molecule has 0 aliphatic carbocycles. The number of alkyl halides is 1. The predicted octanol–water partition coefficient (Wildman–Crippen LogP) is 4.88.